The van der Waals surface area contributed by atoms with Gasteiger partial charge in [0.15, 0.2) is 5.78 Å². The molecule has 3 saturated carbocycles. The maximum atomic E-state index is 11.7. The number of carbonyl (C=O) groups is 1. The van der Waals surface area contributed by atoms with E-state index < -0.39 is 0 Å². The van der Waals surface area contributed by atoms with Gasteiger partial charge in [-0.25, -0.2) is 0 Å². The fourth-order valence-electron chi connectivity index (χ4n) is 6.46. The van der Waals surface area contributed by atoms with E-state index >= 15 is 0 Å². The van der Waals surface area contributed by atoms with Crippen molar-refractivity contribution in [2.24, 2.45) is 29.1 Å². The van der Waals surface area contributed by atoms with Gasteiger partial charge in [0.2, 0.25) is 0 Å². The molecule has 0 N–H and O–H groups in total. The number of fused-ring (bicyclic) bond motifs is 5. The molecule has 5 atom stereocenters. The van der Waals surface area contributed by atoms with Crippen molar-refractivity contribution >= 4 is 21.7 Å². The molecule has 3 fully saturated rings. The molecule has 0 saturated heterocycles. The van der Waals surface area contributed by atoms with Crippen LogP contribution in [-0.2, 0) is 4.79 Å². The highest BCUT2D eigenvalue weighted by molar-refractivity contribution is 9.09. The van der Waals surface area contributed by atoms with E-state index in [2.05, 4.69) is 28.9 Å². The van der Waals surface area contributed by atoms with Crippen LogP contribution in [0.1, 0.15) is 58.3 Å². The number of hydrogen-bond acceptors (Lipinski definition) is 1. The van der Waals surface area contributed by atoms with Gasteiger partial charge in [-0.15, -0.1) is 0 Å². The fourth-order valence-corrected chi connectivity index (χ4v) is 6.85. The van der Waals surface area contributed by atoms with Crippen molar-refractivity contribution in [2.75, 3.05) is 5.33 Å². The predicted octanol–water partition coefficient (Wildman–Crippen LogP) is 5.45. The third-order valence-electron chi connectivity index (χ3n) is 7.47. The number of rotatable bonds is 1. The molecule has 4 aliphatic rings. The molecular weight excluding hydrogens is 336 g/mol. The first-order valence-electron chi connectivity index (χ1n) is 9.12. The van der Waals surface area contributed by atoms with Crippen molar-refractivity contribution in [3.63, 3.8) is 0 Å². The molecule has 4 aliphatic carbocycles. The van der Waals surface area contributed by atoms with E-state index in [4.69, 9.17) is 0 Å². The summed E-state index contributed by atoms with van der Waals surface area (Å²) in [5.74, 6) is 3.81. The minimum absolute atomic E-state index is 0.383. The van der Waals surface area contributed by atoms with Crippen molar-refractivity contribution in [2.45, 2.75) is 58.3 Å². The van der Waals surface area contributed by atoms with E-state index in [-0.39, 0.29) is 0 Å². The summed E-state index contributed by atoms with van der Waals surface area (Å²) >= 11 is 3.60. The molecule has 4 rings (SSSR count). The monoisotopic (exact) mass is 362 g/mol. The van der Waals surface area contributed by atoms with Gasteiger partial charge in [0, 0.05) is 11.8 Å². The van der Waals surface area contributed by atoms with Crippen LogP contribution in [-0.4, -0.2) is 11.1 Å². The summed E-state index contributed by atoms with van der Waals surface area (Å²) in [6.07, 6.45) is 14.4. The number of allylic oxidation sites excluding steroid dienone is 3. The van der Waals surface area contributed by atoms with Gasteiger partial charge in [-0.2, -0.15) is 0 Å². The Labute approximate surface area is 142 Å². The predicted molar refractivity (Wildman–Crippen MR) is 94.0 cm³/mol. The minimum atomic E-state index is 0.383. The minimum Gasteiger partial charge on any atom is -0.295 e. The second-order valence-corrected chi connectivity index (χ2v) is 8.83. The van der Waals surface area contributed by atoms with Gasteiger partial charge in [-0.05, 0) is 80.1 Å². The van der Waals surface area contributed by atoms with Crippen molar-refractivity contribution < 1.29 is 4.79 Å². The van der Waals surface area contributed by atoms with E-state index in [9.17, 15) is 4.79 Å². The summed E-state index contributed by atoms with van der Waals surface area (Å²) in [4.78, 5) is 11.7. The summed E-state index contributed by atoms with van der Waals surface area (Å²) in [7, 11) is 0. The zero-order valence-corrected chi connectivity index (χ0v) is 15.2. The highest BCUT2D eigenvalue weighted by atomic mass is 79.9. The molecule has 2 heteroatoms. The molecule has 0 spiro atoms. The zero-order valence-electron chi connectivity index (χ0n) is 13.6. The maximum absolute atomic E-state index is 11.7. The molecular formula is C20H27BrO. The summed E-state index contributed by atoms with van der Waals surface area (Å²) in [5, 5.41) is 1.01. The Hall–Kier alpha value is -0.370. The van der Waals surface area contributed by atoms with Crippen LogP contribution >= 0.6 is 15.9 Å². The van der Waals surface area contributed by atoms with Crippen molar-refractivity contribution in [1.29, 1.82) is 0 Å². The second-order valence-electron chi connectivity index (χ2n) is 8.18. The first-order valence-corrected chi connectivity index (χ1v) is 10.2. The normalized spacial score (nSPS) is 46.0. The third-order valence-corrected chi connectivity index (χ3v) is 7.80. The van der Waals surface area contributed by atoms with E-state index in [1.165, 1.54) is 44.1 Å². The number of ketones is 1. The first-order chi connectivity index (χ1) is 10.6. The van der Waals surface area contributed by atoms with Crippen LogP contribution in [0.25, 0.3) is 0 Å². The van der Waals surface area contributed by atoms with Crippen LogP contribution < -0.4 is 0 Å². The Morgan fingerprint density at radius 1 is 1.18 bits per heavy atom. The van der Waals surface area contributed by atoms with Crippen molar-refractivity contribution in [3.8, 4) is 0 Å². The van der Waals surface area contributed by atoms with Gasteiger partial charge in [-0.1, -0.05) is 40.1 Å². The van der Waals surface area contributed by atoms with Crippen LogP contribution in [0.3, 0.4) is 0 Å². The highest BCUT2D eigenvalue weighted by Crippen LogP contribution is 2.63. The smallest absolute Gasteiger partial charge is 0.155 e. The van der Waals surface area contributed by atoms with E-state index in [1.54, 1.807) is 5.57 Å². The Kier molecular flexibility index (Phi) is 3.87. The lowest BCUT2D eigenvalue weighted by Crippen LogP contribution is -2.45. The Balaban J connectivity index is 1.62. The van der Waals surface area contributed by atoms with Gasteiger partial charge >= 0.3 is 0 Å². The second kappa shape index (κ2) is 5.61. The molecule has 0 bridgehead atoms. The van der Waals surface area contributed by atoms with Crippen LogP contribution in [0.15, 0.2) is 23.3 Å². The summed E-state index contributed by atoms with van der Waals surface area (Å²) in [6, 6.07) is 0. The van der Waals surface area contributed by atoms with Gasteiger partial charge in [0.1, 0.15) is 0 Å². The Morgan fingerprint density at radius 3 is 2.86 bits per heavy atom. The van der Waals surface area contributed by atoms with E-state index in [0.29, 0.717) is 11.2 Å². The highest BCUT2D eigenvalue weighted by Gasteiger charge is 2.54. The standard InChI is InChI=1S/C20H27BrO/c1-20-10-8-17-16-6-4-15(22)12-13(16)2-5-18(17)19(20)7-3-14(20)9-11-21/h9,12,16-19H,2-8,10-11H2,1H3/b14-9+/t16-,17?,18?,19?,20+/m0/s1. The zero-order chi connectivity index (χ0) is 15.3. The number of carbonyl (C=O) groups excluding carboxylic acids is 1. The van der Waals surface area contributed by atoms with Crippen molar-refractivity contribution in [1.82, 2.24) is 0 Å². The van der Waals surface area contributed by atoms with Crippen LogP contribution in [0.4, 0.5) is 0 Å². The molecule has 3 unspecified atom stereocenters. The van der Waals surface area contributed by atoms with Crippen LogP contribution in [0.2, 0.25) is 0 Å². The average molecular weight is 363 g/mol. The van der Waals surface area contributed by atoms with Gasteiger partial charge in [-0.3, -0.25) is 4.79 Å². The topological polar surface area (TPSA) is 17.1 Å². The molecule has 0 aliphatic heterocycles. The lowest BCUT2D eigenvalue weighted by Gasteiger charge is -2.53. The van der Waals surface area contributed by atoms with E-state index in [0.717, 1.165) is 41.8 Å². The summed E-state index contributed by atoms with van der Waals surface area (Å²) in [5.41, 5.74) is 3.71. The van der Waals surface area contributed by atoms with Gasteiger partial charge in [0.05, 0.1) is 0 Å². The molecule has 22 heavy (non-hydrogen) atoms. The molecule has 120 valence electrons. The number of hydrogen-bond donors (Lipinski definition) is 0. The molecule has 0 aromatic heterocycles. The lowest BCUT2D eigenvalue weighted by molar-refractivity contribution is -0.115. The fraction of sp³-hybridized carbons (Fsp3) is 0.750. The number of alkyl halides is 1. The molecule has 1 nitrogen and oxygen atoms in total. The van der Waals surface area contributed by atoms with Gasteiger partial charge < -0.3 is 0 Å². The van der Waals surface area contributed by atoms with Crippen LogP contribution in [0, 0.1) is 29.1 Å². The average Bonchev–Trinajstić information content (AvgIpc) is 2.84. The summed E-state index contributed by atoms with van der Waals surface area (Å²) in [6.45, 7) is 2.55. The molecule has 0 aromatic carbocycles. The largest absolute Gasteiger partial charge is 0.295 e. The quantitative estimate of drug-likeness (QED) is 0.447. The Morgan fingerprint density at radius 2 is 2.05 bits per heavy atom. The van der Waals surface area contributed by atoms with Crippen LogP contribution in [0.5, 0.6) is 0 Å². The SMILES string of the molecule is C[C@]12CCC3C(CCC4=CC(=O)CC[C@@H]43)C1CC/C2=C\CBr. The number of halogens is 1. The molecule has 0 amide bonds. The van der Waals surface area contributed by atoms with Crippen molar-refractivity contribution in [3.05, 3.63) is 23.3 Å². The first kappa shape index (κ1) is 15.2. The molecule has 0 heterocycles. The molecule has 0 radical (unpaired) electrons. The van der Waals surface area contributed by atoms with Gasteiger partial charge in [0.25, 0.3) is 0 Å². The summed E-state index contributed by atoms with van der Waals surface area (Å²) < 4.78 is 0. The van der Waals surface area contributed by atoms with E-state index in [1.807, 2.05) is 6.08 Å². The third kappa shape index (κ3) is 2.20. The Bertz CT molecular complexity index is 546. The lowest BCUT2D eigenvalue weighted by atomic mass is 9.52. The molecule has 0 aromatic rings. The maximum Gasteiger partial charge on any atom is 0.155 e.